The number of benzene rings is 2. The number of carbonyl (C=O) groups is 1. The van der Waals surface area contributed by atoms with Crippen LogP contribution in [-0.4, -0.2) is 37.3 Å². The van der Waals surface area contributed by atoms with Gasteiger partial charge in [-0.25, -0.2) is 4.98 Å². The van der Waals surface area contributed by atoms with Crippen LogP contribution in [0, 0.1) is 4.77 Å². The first-order valence-electron chi connectivity index (χ1n) is 9.61. The molecule has 2 aromatic heterocycles. The summed E-state index contributed by atoms with van der Waals surface area (Å²) in [6, 6.07) is 15.4. The Morgan fingerprint density at radius 2 is 1.93 bits per heavy atom. The highest BCUT2D eigenvalue weighted by molar-refractivity contribution is 7.71. The first-order chi connectivity index (χ1) is 14.6. The summed E-state index contributed by atoms with van der Waals surface area (Å²) in [6.45, 7) is 3.24. The molecule has 2 aromatic carbocycles. The molecule has 8 nitrogen and oxygen atoms in total. The van der Waals surface area contributed by atoms with Crippen LogP contribution in [-0.2, 0) is 24.4 Å². The molecular weight excluding hydrogens is 400 g/mol. The van der Waals surface area contributed by atoms with Crippen molar-refractivity contribution in [3.8, 4) is 17.1 Å². The second kappa shape index (κ2) is 8.50. The van der Waals surface area contributed by atoms with E-state index in [1.54, 1.807) is 11.7 Å². The van der Waals surface area contributed by atoms with Crippen molar-refractivity contribution >= 4 is 29.2 Å². The summed E-state index contributed by atoms with van der Waals surface area (Å²) in [6.07, 6.45) is 0. The van der Waals surface area contributed by atoms with E-state index in [1.807, 2.05) is 48.5 Å². The molecule has 0 saturated carbocycles. The van der Waals surface area contributed by atoms with Crippen LogP contribution in [0.3, 0.4) is 0 Å². The number of ether oxygens (including phenoxy) is 1. The summed E-state index contributed by atoms with van der Waals surface area (Å²) in [5.41, 5.74) is 2.81. The van der Waals surface area contributed by atoms with Gasteiger partial charge in [0.25, 0.3) is 0 Å². The molecule has 0 saturated heterocycles. The van der Waals surface area contributed by atoms with Crippen LogP contribution in [0.25, 0.3) is 22.4 Å². The summed E-state index contributed by atoms with van der Waals surface area (Å²) >= 11 is 5.32. The van der Waals surface area contributed by atoms with E-state index in [-0.39, 0.29) is 12.5 Å². The van der Waals surface area contributed by atoms with Crippen molar-refractivity contribution in [2.24, 2.45) is 0 Å². The number of imidazole rings is 1. The van der Waals surface area contributed by atoms with Gasteiger partial charge in [0.15, 0.2) is 10.6 Å². The van der Waals surface area contributed by atoms with Gasteiger partial charge in [-0.05, 0) is 55.5 Å². The number of rotatable bonds is 7. The highest BCUT2D eigenvalue weighted by Gasteiger charge is 2.14. The SMILES string of the molecule is CCn1c(CNC(=O)Cn2c(-c3ccc(OC)cc3)n[nH]c2=S)nc2ccccc21. The van der Waals surface area contributed by atoms with Crippen molar-refractivity contribution < 1.29 is 9.53 Å². The number of nitrogens with zero attached hydrogens (tertiary/aromatic N) is 4. The lowest BCUT2D eigenvalue weighted by atomic mass is 10.2. The summed E-state index contributed by atoms with van der Waals surface area (Å²) in [5, 5.41) is 9.99. The molecule has 30 heavy (non-hydrogen) atoms. The van der Waals surface area contributed by atoms with Gasteiger partial charge in [0.2, 0.25) is 5.91 Å². The number of hydrogen-bond acceptors (Lipinski definition) is 5. The minimum Gasteiger partial charge on any atom is -0.497 e. The van der Waals surface area contributed by atoms with Crippen molar-refractivity contribution in [1.82, 2.24) is 29.6 Å². The number of methoxy groups -OCH3 is 1. The average molecular weight is 423 g/mol. The highest BCUT2D eigenvalue weighted by Crippen LogP contribution is 2.21. The lowest BCUT2D eigenvalue weighted by molar-refractivity contribution is -0.121. The van der Waals surface area contributed by atoms with Crippen LogP contribution in [0.5, 0.6) is 5.75 Å². The van der Waals surface area contributed by atoms with Crippen molar-refractivity contribution in [3.63, 3.8) is 0 Å². The van der Waals surface area contributed by atoms with Gasteiger partial charge in [-0.1, -0.05) is 12.1 Å². The highest BCUT2D eigenvalue weighted by atomic mass is 32.1. The molecule has 2 N–H and O–H groups in total. The second-order valence-electron chi connectivity index (χ2n) is 6.70. The lowest BCUT2D eigenvalue weighted by Crippen LogP contribution is -2.28. The number of fused-ring (bicyclic) bond motifs is 1. The predicted molar refractivity (Wildman–Crippen MR) is 117 cm³/mol. The molecule has 0 bridgehead atoms. The maximum atomic E-state index is 12.7. The fourth-order valence-electron chi connectivity index (χ4n) is 3.42. The monoisotopic (exact) mass is 422 g/mol. The number of amides is 1. The Kier molecular flexibility index (Phi) is 5.62. The smallest absolute Gasteiger partial charge is 0.240 e. The van der Waals surface area contributed by atoms with Gasteiger partial charge >= 0.3 is 0 Å². The Morgan fingerprint density at radius 3 is 2.67 bits per heavy atom. The van der Waals surface area contributed by atoms with E-state index in [2.05, 4.69) is 32.0 Å². The molecule has 0 spiro atoms. The van der Waals surface area contributed by atoms with E-state index < -0.39 is 0 Å². The Morgan fingerprint density at radius 1 is 1.17 bits per heavy atom. The van der Waals surface area contributed by atoms with E-state index in [0.717, 1.165) is 34.7 Å². The molecule has 0 radical (unpaired) electrons. The first kappa shape index (κ1) is 19.8. The van der Waals surface area contributed by atoms with Gasteiger partial charge in [0.05, 0.1) is 24.7 Å². The Labute approximate surface area is 178 Å². The van der Waals surface area contributed by atoms with Crippen molar-refractivity contribution in [2.75, 3.05) is 7.11 Å². The zero-order chi connectivity index (χ0) is 21.1. The van der Waals surface area contributed by atoms with Crippen LogP contribution in [0.4, 0.5) is 0 Å². The van der Waals surface area contributed by atoms with Gasteiger partial charge in [-0.3, -0.25) is 14.5 Å². The standard InChI is InChI=1S/C21H22N6O2S/c1-3-26-17-7-5-4-6-16(17)23-18(26)12-22-19(28)13-27-20(24-25-21(27)30)14-8-10-15(29-2)11-9-14/h4-11H,3,12-13H2,1-2H3,(H,22,28)(H,25,30). The maximum absolute atomic E-state index is 12.7. The molecule has 0 aliphatic carbocycles. The summed E-state index contributed by atoms with van der Waals surface area (Å²) < 4.78 is 9.35. The topological polar surface area (TPSA) is 89.8 Å². The third-order valence-electron chi connectivity index (χ3n) is 4.90. The van der Waals surface area contributed by atoms with Crippen LogP contribution in [0.1, 0.15) is 12.7 Å². The van der Waals surface area contributed by atoms with E-state index in [9.17, 15) is 4.79 Å². The predicted octanol–water partition coefficient (Wildman–Crippen LogP) is 3.30. The van der Waals surface area contributed by atoms with Crippen LogP contribution < -0.4 is 10.1 Å². The number of aromatic nitrogens is 5. The first-order valence-corrected chi connectivity index (χ1v) is 10.0. The average Bonchev–Trinajstić information content (AvgIpc) is 3.32. The van der Waals surface area contributed by atoms with E-state index in [0.29, 0.717) is 17.1 Å². The summed E-state index contributed by atoms with van der Waals surface area (Å²) in [4.78, 5) is 17.3. The Bertz CT molecular complexity index is 1240. The van der Waals surface area contributed by atoms with Crippen LogP contribution in [0.2, 0.25) is 0 Å². The van der Waals surface area contributed by atoms with Gasteiger partial charge in [0.1, 0.15) is 18.1 Å². The number of para-hydroxylation sites is 2. The molecule has 0 atom stereocenters. The third-order valence-corrected chi connectivity index (χ3v) is 5.21. The zero-order valence-electron chi connectivity index (χ0n) is 16.8. The molecular formula is C21H22N6O2S. The summed E-state index contributed by atoms with van der Waals surface area (Å²) in [7, 11) is 1.61. The van der Waals surface area contributed by atoms with Crippen LogP contribution in [0.15, 0.2) is 48.5 Å². The van der Waals surface area contributed by atoms with Gasteiger partial charge < -0.3 is 14.6 Å². The molecule has 0 fully saturated rings. The molecule has 154 valence electrons. The fraction of sp³-hybridized carbons (Fsp3) is 0.238. The molecule has 4 aromatic rings. The molecule has 0 aliphatic heterocycles. The molecule has 1 amide bonds. The van der Waals surface area contributed by atoms with Gasteiger partial charge in [-0.15, -0.1) is 0 Å². The molecule has 0 unspecified atom stereocenters. The van der Waals surface area contributed by atoms with Crippen molar-refractivity contribution in [3.05, 3.63) is 59.1 Å². The number of hydrogen-bond donors (Lipinski definition) is 2. The van der Waals surface area contributed by atoms with Gasteiger partial charge in [0, 0.05) is 12.1 Å². The number of carbonyl (C=O) groups excluding carboxylic acids is 1. The quantitative estimate of drug-likeness (QED) is 0.446. The van der Waals surface area contributed by atoms with Gasteiger partial charge in [-0.2, -0.15) is 5.10 Å². The fourth-order valence-corrected chi connectivity index (χ4v) is 3.61. The van der Waals surface area contributed by atoms with E-state index in [4.69, 9.17) is 17.0 Å². The third kappa shape index (κ3) is 3.84. The summed E-state index contributed by atoms with van der Waals surface area (Å²) in [5.74, 6) is 1.99. The Hall–Kier alpha value is -3.46. The van der Waals surface area contributed by atoms with Crippen molar-refractivity contribution in [2.45, 2.75) is 26.6 Å². The van der Waals surface area contributed by atoms with E-state index >= 15 is 0 Å². The minimum absolute atomic E-state index is 0.0586. The molecule has 4 rings (SSSR count). The number of nitrogens with one attached hydrogen (secondary N) is 2. The Balaban J connectivity index is 1.50. The lowest BCUT2D eigenvalue weighted by Gasteiger charge is -2.10. The van der Waals surface area contributed by atoms with Crippen molar-refractivity contribution in [1.29, 1.82) is 0 Å². The number of H-pyrrole nitrogens is 1. The maximum Gasteiger partial charge on any atom is 0.240 e. The van der Waals surface area contributed by atoms with E-state index in [1.165, 1.54) is 0 Å². The zero-order valence-corrected chi connectivity index (χ0v) is 17.6. The minimum atomic E-state index is -0.169. The number of aromatic amines is 1. The normalized spacial score (nSPS) is 11.0. The number of aryl methyl sites for hydroxylation is 1. The molecule has 0 aliphatic rings. The van der Waals surface area contributed by atoms with Crippen LogP contribution >= 0.6 is 12.2 Å². The molecule has 2 heterocycles. The molecule has 9 heteroatoms. The second-order valence-corrected chi connectivity index (χ2v) is 7.09. The largest absolute Gasteiger partial charge is 0.497 e.